The van der Waals surface area contributed by atoms with Crippen LogP contribution < -0.4 is 0 Å². The number of hydrogen-bond donors (Lipinski definition) is 0. The topological polar surface area (TPSA) is 36.9 Å². The summed E-state index contributed by atoms with van der Waals surface area (Å²) in [5.41, 5.74) is -0.877. The first-order chi connectivity index (χ1) is 8.40. The van der Waals surface area contributed by atoms with Gasteiger partial charge < -0.3 is 18.3 Å². The summed E-state index contributed by atoms with van der Waals surface area (Å²) in [4.78, 5) is 0. The first-order valence-electron chi connectivity index (χ1n) is 5.67. The van der Waals surface area contributed by atoms with Crippen molar-refractivity contribution in [2.45, 2.75) is 30.3 Å². The van der Waals surface area contributed by atoms with E-state index >= 15 is 0 Å². The zero-order valence-corrected chi connectivity index (χ0v) is 13.0. The Morgan fingerprint density at radius 3 is 2.94 bits per heavy atom. The lowest BCUT2D eigenvalue weighted by atomic mass is 9.89. The summed E-state index contributed by atoms with van der Waals surface area (Å²) in [6.45, 7) is 1.88. The number of alkyl halides is 1. The van der Waals surface area contributed by atoms with E-state index in [1.165, 1.54) is 0 Å². The third-order valence-electron chi connectivity index (χ3n) is 3.13. The quantitative estimate of drug-likeness (QED) is 0.571. The molecular weight excluding hydrogens is 296 g/mol. The molecule has 3 unspecified atom stereocenters. The molecule has 2 aliphatic heterocycles. The third kappa shape index (κ3) is 2.98. The highest BCUT2D eigenvalue weighted by molar-refractivity contribution is 8.09. The van der Waals surface area contributed by atoms with Gasteiger partial charge in [0.25, 0.3) is 0 Å². The summed E-state index contributed by atoms with van der Waals surface area (Å²) >= 11 is 5.21. The summed E-state index contributed by atoms with van der Waals surface area (Å²) in [5, 5.41) is 0. The van der Waals surface area contributed by atoms with E-state index in [0.29, 0.717) is 13.0 Å². The Labute approximate surface area is 115 Å². The smallest absolute Gasteiger partial charge is 0.185 e. The maximum absolute atomic E-state index is 14.0. The van der Waals surface area contributed by atoms with Crippen LogP contribution in [0.4, 0.5) is 4.39 Å². The van der Waals surface area contributed by atoms with Crippen molar-refractivity contribution in [2.24, 2.45) is 0 Å². The molecule has 1 spiro atoms. The molecule has 0 aromatic rings. The number of rotatable bonds is 2. The number of ether oxygens (including phenoxy) is 1. The highest BCUT2D eigenvalue weighted by atomic mass is 32.5. The average molecular weight is 312 g/mol. The standard InChI is InChI=1S/C9H16BFO4P2S/c1-16-15-7-6(11)8(10)14-9(7)3-4-12-17(2,18)13-5-9/h6-8,16H,3-5H2,1-2H3/t6?,7-,8-,9-,17?/m1/s1. The second-order valence-electron chi connectivity index (χ2n) is 4.46. The Kier molecular flexibility index (Phi) is 4.87. The molecule has 2 saturated heterocycles. The van der Waals surface area contributed by atoms with Crippen LogP contribution in [0.5, 0.6) is 0 Å². The van der Waals surface area contributed by atoms with E-state index in [2.05, 4.69) is 0 Å². The number of halogens is 1. The zero-order chi connectivity index (χ0) is 13.4. The van der Waals surface area contributed by atoms with Gasteiger partial charge in [-0.2, -0.15) is 0 Å². The molecule has 2 aliphatic rings. The predicted octanol–water partition coefficient (Wildman–Crippen LogP) is 1.57. The van der Waals surface area contributed by atoms with Gasteiger partial charge in [-0.05, 0) is 18.5 Å². The molecule has 0 aromatic heterocycles. The van der Waals surface area contributed by atoms with Crippen molar-refractivity contribution in [3.05, 3.63) is 0 Å². The van der Waals surface area contributed by atoms with Crippen LogP contribution in [0.2, 0.25) is 0 Å². The maximum atomic E-state index is 14.0. The maximum Gasteiger partial charge on any atom is 0.185 e. The SMILES string of the molecule is [B][C@@H]1O[C@@]2(CCOP(C)(=S)OC2)[C@H](OPC)C1F. The summed E-state index contributed by atoms with van der Waals surface area (Å²) in [5.74, 6) is 0. The molecule has 2 fully saturated rings. The monoisotopic (exact) mass is 312 g/mol. The number of hydrogen-bond acceptors (Lipinski definition) is 5. The van der Waals surface area contributed by atoms with Crippen molar-refractivity contribution < 1.29 is 22.7 Å². The lowest BCUT2D eigenvalue weighted by molar-refractivity contribution is -0.0824. The molecule has 2 heterocycles. The van der Waals surface area contributed by atoms with Crippen molar-refractivity contribution in [1.29, 1.82) is 0 Å². The Hall–Kier alpha value is 0.915. The van der Waals surface area contributed by atoms with Gasteiger partial charge in [-0.25, -0.2) is 4.39 Å². The van der Waals surface area contributed by atoms with Crippen LogP contribution >= 0.6 is 15.3 Å². The molecule has 4 nitrogen and oxygen atoms in total. The molecule has 9 heteroatoms. The van der Waals surface area contributed by atoms with Gasteiger partial charge in [-0.1, -0.05) is 0 Å². The van der Waals surface area contributed by atoms with Crippen LogP contribution in [0.25, 0.3) is 0 Å². The van der Waals surface area contributed by atoms with E-state index in [-0.39, 0.29) is 15.4 Å². The van der Waals surface area contributed by atoms with Gasteiger partial charge in [0.05, 0.1) is 19.2 Å². The first kappa shape index (κ1) is 15.3. The summed E-state index contributed by atoms with van der Waals surface area (Å²) < 4.78 is 36.2. The van der Waals surface area contributed by atoms with E-state index in [9.17, 15) is 4.39 Å². The van der Waals surface area contributed by atoms with Gasteiger partial charge in [0.1, 0.15) is 25.7 Å². The van der Waals surface area contributed by atoms with Crippen molar-refractivity contribution in [3.63, 3.8) is 0 Å². The van der Waals surface area contributed by atoms with Gasteiger partial charge in [0.15, 0.2) is 6.49 Å². The van der Waals surface area contributed by atoms with Crippen molar-refractivity contribution in [3.8, 4) is 0 Å². The minimum Gasteiger partial charge on any atom is -0.373 e. The largest absolute Gasteiger partial charge is 0.373 e. The second kappa shape index (κ2) is 5.73. The molecule has 6 atom stereocenters. The van der Waals surface area contributed by atoms with Crippen molar-refractivity contribution >= 4 is 35.0 Å². The van der Waals surface area contributed by atoms with Crippen LogP contribution in [0, 0.1) is 0 Å². The van der Waals surface area contributed by atoms with Crippen molar-refractivity contribution in [1.82, 2.24) is 0 Å². The van der Waals surface area contributed by atoms with Gasteiger partial charge in [-0.15, -0.1) is 0 Å². The van der Waals surface area contributed by atoms with E-state index in [4.69, 9.17) is 38.0 Å². The molecule has 0 N–H and O–H groups in total. The lowest BCUT2D eigenvalue weighted by Crippen LogP contribution is -2.46. The van der Waals surface area contributed by atoms with Crippen LogP contribution in [-0.2, 0) is 30.1 Å². The van der Waals surface area contributed by atoms with E-state index in [1.54, 1.807) is 6.66 Å². The molecule has 18 heavy (non-hydrogen) atoms. The summed E-state index contributed by atoms with van der Waals surface area (Å²) in [6, 6.07) is -0.984. The molecule has 0 amide bonds. The van der Waals surface area contributed by atoms with Gasteiger partial charge >= 0.3 is 0 Å². The fourth-order valence-electron chi connectivity index (χ4n) is 2.20. The van der Waals surface area contributed by atoms with Gasteiger partial charge in [0, 0.05) is 21.9 Å². The predicted molar refractivity (Wildman–Crippen MR) is 74.1 cm³/mol. The van der Waals surface area contributed by atoms with Gasteiger partial charge in [0.2, 0.25) is 0 Å². The Morgan fingerprint density at radius 2 is 2.28 bits per heavy atom. The Morgan fingerprint density at radius 1 is 1.56 bits per heavy atom. The minimum absolute atomic E-state index is 0.161. The van der Waals surface area contributed by atoms with Crippen LogP contribution in [-0.4, -0.2) is 58.3 Å². The van der Waals surface area contributed by atoms with Crippen LogP contribution in [0.15, 0.2) is 0 Å². The molecule has 2 rings (SSSR count). The average Bonchev–Trinajstić information content (AvgIpc) is 2.45. The Balaban J connectivity index is 2.20. The molecule has 2 radical (unpaired) electrons. The summed E-state index contributed by atoms with van der Waals surface area (Å²) in [7, 11) is 5.80. The summed E-state index contributed by atoms with van der Waals surface area (Å²) in [6.07, 6.45) is -1.59. The van der Waals surface area contributed by atoms with Gasteiger partial charge in [-0.3, -0.25) is 0 Å². The molecule has 0 saturated carbocycles. The van der Waals surface area contributed by atoms with Crippen LogP contribution in [0.1, 0.15) is 6.42 Å². The van der Waals surface area contributed by atoms with Crippen LogP contribution in [0.3, 0.4) is 0 Å². The second-order valence-corrected chi connectivity index (χ2v) is 9.16. The molecule has 0 aliphatic carbocycles. The molecule has 0 bridgehead atoms. The fourth-order valence-corrected chi connectivity index (χ4v) is 4.13. The van der Waals surface area contributed by atoms with E-state index in [1.807, 2.05) is 6.66 Å². The Bertz CT molecular complexity index is 363. The minimum atomic E-state index is -2.26. The lowest BCUT2D eigenvalue weighted by Gasteiger charge is -2.32. The third-order valence-corrected chi connectivity index (χ3v) is 5.50. The normalized spacial score (nSPS) is 50.1. The highest BCUT2D eigenvalue weighted by Crippen LogP contribution is 2.51. The molecule has 102 valence electrons. The molecular formula is C9H16BFO4P2S. The first-order valence-corrected chi connectivity index (χ1v) is 10.2. The highest BCUT2D eigenvalue weighted by Gasteiger charge is 2.55. The molecule has 0 aromatic carbocycles. The zero-order valence-electron chi connectivity index (χ0n) is 10.3. The van der Waals surface area contributed by atoms with E-state index in [0.717, 1.165) is 0 Å². The fraction of sp³-hybridized carbons (Fsp3) is 1.00. The van der Waals surface area contributed by atoms with Crippen molar-refractivity contribution in [2.75, 3.05) is 26.5 Å². The van der Waals surface area contributed by atoms with E-state index < -0.39 is 30.4 Å².